The SMILES string of the molecule is CNCc1ccc(OC)c(CSc2ccc(OC)cc2)c1. The van der Waals surface area contributed by atoms with E-state index in [1.165, 1.54) is 16.0 Å². The molecule has 21 heavy (non-hydrogen) atoms. The number of thioether (sulfide) groups is 1. The van der Waals surface area contributed by atoms with Crippen molar-refractivity contribution >= 4 is 11.8 Å². The largest absolute Gasteiger partial charge is 0.497 e. The molecule has 0 saturated carbocycles. The van der Waals surface area contributed by atoms with E-state index in [-0.39, 0.29) is 0 Å². The third-order valence-corrected chi connectivity index (χ3v) is 4.24. The Morgan fingerprint density at radius 2 is 1.76 bits per heavy atom. The average Bonchev–Trinajstić information content (AvgIpc) is 2.54. The van der Waals surface area contributed by atoms with Crippen molar-refractivity contribution in [2.45, 2.75) is 17.2 Å². The fraction of sp³-hybridized carbons (Fsp3) is 0.294. The standard InChI is InChI=1S/C17H21NO2S/c1-18-11-13-4-9-17(20-3)14(10-13)12-21-16-7-5-15(19-2)6-8-16/h4-10,18H,11-12H2,1-3H3. The van der Waals surface area contributed by atoms with Crippen LogP contribution in [0.5, 0.6) is 11.5 Å². The molecule has 4 heteroatoms. The summed E-state index contributed by atoms with van der Waals surface area (Å²) in [5.41, 5.74) is 2.48. The van der Waals surface area contributed by atoms with Crippen LogP contribution >= 0.6 is 11.8 Å². The Morgan fingerprint density at radius 3 is 2.38 bits per heavy atom. The van der Waals surface area contributed by atoms with Crippen LogP contribution in [0.3, 0.4) is 0 Å². The van der Waals surface area contributed by atoms with Crippen molar-refractivity contribution in [3.8, 4) is 11.5 Å². The quantitative estimate of drug-likeness (QED) is 0.790. The number of methoxy groups -OCH3 is 2. The summed E-state index contributed by atoms with van der Waals surface area (Å²) in [6.45, 7) is 0.865. The van der Waals surface area contributed by atoms with Gasteiger partial charge >= 0.3 is 0 Å². The molecule has 0 saturated heterocycles. The highest BCUT2D eigenvalue weighted by atomic mass is 32.2. The van der Waals surface area contributed by atoms with Crippen molar-refractivity contribution in [2.24, 2.45) is 0 Å². The Labute approximate surface area is 130 Å². The summed E-state index contributed by atoms with van der Waals surface area (Å²) in [6.07, 6.45) is 0. The van der Waals surface area contributed by atoms with E-state index >= 15 is 0 Å². The molecular weight excluding hydrogens is 282 g/mol. The fourth-order valence-electron chi connectivity index (χ4n) is 2.09. The molecule has 0 aliphatic heterocycles. The highest BCUT2D eigenvalue weighted by molar-refractivity contribution is 7.98. The average molecular weight is 303 g/mol. The Hall–Kier alpha value is -1.65. The highest BCUT2D eigenvalue weighted by Crippen LogP contribution is 2.29. The van der Waals surface area contributed by atoms with Crippen molar-refractivity contribution < 1.29 is 9.47 Å². The van der Waals surface area contributed by atoms with Gasteiger partial charge in [-0.1, -0.05) is 6.07 Å². The Kier molecular flexibility index (Phi) is 5.96. The molecule has 0 bridgehead atoms. The predicted octanol–water partition coefficient (Wildman–Crippen LogP) is 3.72. The van der Waals surface area contributed by atoms with Gasteiger partial charge < -0.3 is 14.8 Å². The van der Waals surface area contributed by atoms with Gasteiger partial charge in [-0.15, -0.1) is 11.8 Å². The van der Waals surface area contributed by atoms with Crippen molar-refractivity contribution in [3.63, 3.8) is 0 Å². The first-order chi connectivity index (χ1) is 10.3. The third kappa shape index (κ3) is 4.41. The summed E-state index contributed by atoms with van der Waals surface area (Å²) in [4.78, 5) is 1.22. The Balaban J connectivity index is 2.08. The topological polar surface area (TPSA) is 30.5 Å². The van der Waals surface area contributed by atoms with Crippen molar-refractivity contribution in [3.05, 3.63) is 53.6 Å². The summed E-state index contributed by atoms with van der Waals surface area (Å²) in [5, 5.41) is 3.17. The first-order valence-corrected chi connectivity index (χ1v) is 7.82. The number of nitrogens with one attached hydrogen (secondary N) is 1. The van der Waals surface area contributed by atoms with Gasteiger partial charge in [0.05, 0.1) is 14.2 Å². The second kappa shape index (κ2) is 7.96. The van der Waals surface area contributed by atoms with Gasteiger partial charge in [-0.3, -0.25) is 0 Å². The minimum absolute atomic E-state index is 0.865. The van der Waals surface area contributed by atoms with Gasteiger partial charge in [-0.25, -0.2) is 0 Å². The lowest BCUT2D eigenvalue weighted by molar-refractivity contribution is 0.411. The zero-order valence-corrected chi connectivity index (χ0v) is 13.5. The molecular formula is C17H21NO2S. The van der Waals surface area contributed by atoms with Crippen molar-refractivity contribution in [1.82, 2.24) is 5.32 Å². The number of hydrogen-bond donors (Lipinski definition) is 1. The van der Waals surface area contributed by atoms with E-state index in [0.717, 1.165) is 23.8 Å². The summed E-state index contributed by atoms with van der Waals surface area (Å²) >= 11 is 1.79. The van der Waals surface area contributed by atoms with E-state index in [9.17, 15) is 0 Å². The lowest BCUT2D eigenvalue weighted by atomic mass is 10.1. The number of ether oxygens (including phenoxy) is 2. The molecule has 0 aliphatic carbocycles. The summed E-state index contributed by atoms with van der Waals surface area (Å²) in [6, 6.07) is 14.5. The molecule has 0 aromatic heterocycles. The van der Waals surface area contributed by atoms with Gasteiger partial charge in [0.15, 0.2) is 0 Å². The van der Waals surface area contributed by atoms with Crippen molar-refractivity contribution in [2.75, 3.05) is 21.3 Å². The molecule has 0 atom stereocenters. The zero-order valence-electron chi connectivity index (χ0n) is 12.7. The predicted molar refractivity (Wildman–Crippen MR) is 88.3 cm³/mol. The molecule has 112 valence electrons. The molecule has 3 nitrogen and oxygen atoms in total. The number of benzene rings is 2. The van der Waals surface area contributed by atoms with Crippen LogP contribution in [0.1, 0.15) is 11.1 Å². The van der Waals surface area contributed by atoms with Crippen LogP contribution in [0.2, 0.25) is 0 Å². The highest BCUT2D eigenvalue weighted by Gasteiger charge is 2.05. The molecule has 0 amide bonds. The zero-order chi connectivity index (χ0) is 15.1. The van der Waals surface area contributed by atoms with E-state index in [2.05, 4.69) is 29.6 Å². The van der Waals surface area contributed by atoms with Gasteiger partial charge in [0.2, 0.25) is 0 Å². The van der Waals surface area contributed by atoms with Crippen LogP contribution in [0.25, 0.3) is 0 Å². The first kappa shape index (κ1) is 15.7. The summed E-state index contributed by atoms with van der Waals surface area (Å²) in [5.74, 6) is 2.70. The van der Waals surface area contributed by atoms with Gasteiger partial charge in [0.25, 0.3) is 0 Å². The number of rotatable bonds is 7. The van der Waals surface area contributed by atoms with E-state index in [0.29, 0.717) is 0 Å². The maximum Gasteiger partial charge on any atom is 0.122 e. The van der Waals surface area contributed by atoms with Crippen LogP contribution < -0.4 is 14.8 Å². The molecule has 1 N–H and O–H groups in total. The van der Waals surface area contributed by atoms with E-state index in [4.69, 9.17) is 9.47 Å². The molecule has 2 aromatic rings. The van der Waals surface area contributed by atoms with E-state index in [1.54, 1.807) is 26.0 Å². The normalized spacial score (nSPS) is 10.4. The monoisotopic (exact) mass is 303 g/mol. The van der Waals surface area contributed by atoms with Crippen LogP contribution in [0.4, 0.5) is 0 Å². The van der Waals surface area contributed by atoms with Gasteiger partial charge in [0, 0.05) is 22.8 Å². The van der Waals surface area contributed by atoms with Crippen molar-refractivity contribution in [1.29, 1.82) is 0 Å². The number of hydrogen-bond acceptors (Lipinski definition) is 4. The lowest BCUT2D eigenvalue weighted by Crippen LogP contribution is -2.05. The lowest BCUT2D eigenvalue weighted by Gasteiger charge is -2.11. The minimum Gasteiger partial charge on any atom is -0.497 e. The molecule has 0 heterocycles. The summed E-state index contributed by atoms with van der Waals surface area (Å²) < 4.78 is 10.6. The minimum atomic E-state index is 0.865. The molecule has 2 rings (SSSR count). The van der Waals surface area contributed by atoms with Crippen LogP contribution in [0.15, 0.2) is 47.4 Å². The molecule has 0 radical (unpaired) electrons. The van der Waals surface area contributed by atoms with Crippen LogP contribution in [-0.4, -0.2) is 21.3 Å². The van der Waals surface area contributed by atoms with Crippen LogP contribution in [0, 0.1) is 0 Å². The molecule has 0 spiro atoms. The smallest absolute Gasteiger partial charge is 0.122 e. The van der Waals surface area contributed by atoms with Gasteiger partial charge in [-0.05, 0) is 49.0 Å². The summed E-state index contributed by atoms with van der Waals surface area (Å²) in [7, 11) is 5.35. The van der Waals surface area contributed by atoms with E-state index < -0.39 is 0 Å². The maximum atomic E-state index is 5.45. The first-order valence-electron chi connectivity index (χ1n) is 6.84. The fourth-order valence-corrected chi connectivity index (χ4v) is 2.97. The van der Waals surface area contributed by atoms with Crippen LogP contribution in [-0.2, 0) is 12.3 Å². The molecule has 0 fully saturated rings. The Bertz CT molecular complexity index is 570. The molecule has 2 aromatic carbocycles. The van der Waals surface area contributed by atoms with E-state index in [1.807, 2.05) is 25.2 Å². The third-order valence-electron chi connectivity index (χ3n) is 3.18. The second-order valence-electron chi connectivity index (χ2n) is 4.64. The Morgan fingerprint density at radius 1 is 1.00 bits per heavy atom. The molecule has 0 aliphatic rings. The van der Waals surface area contributed by atoms with Gasteiger partial charge in [-0.2, -0.15) is 0 Å². The van der Waals surface area contributed by atoms with Gasteiger partial charge in [0.1, 0.15) is 11.5 Å². The maximum absolute atomic E-state index is 5.45. The molecule has 0 unspecified atom stereocenters. The second-order valence-corrected chi connectivity index (χ2v) is 5.69.